The van der Waals surface area contributed by atoms with Crippen LogP contribution in [0, 0.1) is 10.1 Å². The van der Waals surface area contributed by atoms with E-state index < -0.39 is 64.6 Å². The van der Waals surface area contributed by atoms with Gasteiger partial charge in [-0.15, -0.1) is 10.2 Å². The summed E-state index contributed by atoms with van der Waals surface area (Å²) >= 11 is 0. The first-order valence-corrected chi connectivity index (χ1v) is 21.2. The Balaban J connectivity index is 1.16. The van der Waals surface area contributed by atoms with Crippen LogP contribution in [0.25, 0.3) is 23.3 Å². The van der Waals surface area contributed by atoms with Crippen molar-refractivity contribution in [2.45, 2.75) is 4.90 Å². The smallest absolute Gasteiger partial charge is 0.338 e. The van der Waals surface area contributed by atoms with Gasteiger partial charge in [-0.2, -0.15) is 27.0 Å². The molecule has 7 N–H and O–H groups in total. The highest BCUT2D eigenvalue weighted by Gasteiger charge is 2.35. The molecule has 2 aliphatic rings. The maximum Gasteiger partial charge on any atom is 0.338 e. The van der Waals surface area contributed by atoms with Gasteiger partial charge in [0.2, 0.25) is 11.6 Å². The number of azo groups is 1. The Hall–Kier alpha value is -8.45. The molecular weight excluding hydrogens is 893 g/mol. The third-order valence-corrected chi connectivity index (χ3v) is 11.4. The number of nitrogens with zero attached hydrogens (tertiary/aromatic N) is 5. The van der Waals surface area contributed by atoms with Gasteiger partial charge in [0.25, 0.3) is 25.9 Å². The number of carbonyl (C=O) groups is 3. The van der Waals surface area contributed by atoms with Crippen LogP contribution in [0.5, 0.6) is 11.5 Å². The number of non-ortho nitro benzene ring substituents is 1. The van der Waals surface area contributed by atoms with Crippen LogP contribution < -0.4 is 26.1 Å². The minimum atomic E-state index is -5.17. The summed E-state index contributed by atoms with van der Waals surface area (Å²) < 4.78 is 79.5. The number of hydrogen-bond acceptors (Lipinski definition) is 18. The summed E-state index contributed by atoms with van der Waals surface area (Å²) in [5, 5.41) is 36.9. The first kappa shape index (κ1) is 44.6. The summed E-state index contributed by atoms with van der Waals surface area (Å²) in [5.41, 5.74) is 10.9. The van der Waals surface area contributed by atoms with E-state index in [4.69, 9.17) is 15.2 Å². The number of ether oxygens (including phenoxy) is 2. The number of nitrogens with two attached hydrogens (primary N) is 1. The molecule has 0 radical (unpaired) electrons. The van der Waals surface area contributed by atoms with E-state index in [1.54, 1.807) is 30.3 Å². The number of nitrogens with one attached hydrogen (secondary N) is 2. The molecule has 2 aliphatic carbocycles. The lowest BCUT2D eigenvalue weighted by atomic mass is 9.92. The average molecular weight is 923 g/mol. The number of nitro benzene ring substituents is 1. The van der Waals surface area contributed by atoms with Crippen molar-refractivity contribution in [1.29, 1.82) is 0 Å². The van der Waals surface area contributed by atoms with E-state index in [0.29, 0.717) is 33.7 Å². The van der Waals surface area contributed by atoms with Crippen molar-refractivity contribution < 1.29 is 59.8 Å². The maximum absolute atomic E-state index is 13.9. The Kier molecular flexibility index (Phi) is 11.9. The number of aromatic carboxylic acids is 1. The van der Waals surface area contributed by atoms with Gasteiger partial charge in [-0.1, -0.05) is 24.3 Å². The van der Waals surface area contributed by atoms with Gasteiger partial charge < -0.3 is 20.3 Å². The van der Waals surface area contributed by atoms with E-state index in [2.05, 4.69) is 31.3 Å². The van der Waals surface area contributed by atoms with Crippen LogP contribution in [0.2, 0.25) is 0 Å². The fraction of sp³-hybridized carbons (Fsp3) is 0.0488. The SMILES string of the molecule is COc1cc(-c2ccc(N/N=C3\C(=O)C=Cc4cc(S(=O)(=O)O)ccc43)c(OC)c2)ccc1N/N=C1/C(=O)c2ccc(N)c(N=Nc3ccc([N+](=O)[O-])cc3C(=O)O)c2C=C1S(=O)(=O)O. The second-order valence-electron chi connectivity index (χ2n) is 13.6. The maximum atomic E-state index is 13.9. The molecule has 65 heavy (non-hydrogen) atoms. The fourth-order valence-corrected chi connectivity index (χ4v) is 7.69. The topological polar surface area (TPSA) is 341 Å². The van der Waals surface area contributed by atoms with Crippen LogP contribution in [0.4, 0.5) is 34.1 Å². The van der Waals surface area contributed by atoms with Gasteiger partial charge in [-0.25, -0.2) is 4.79 Å². The van der Waals surface area contributed by atoms with Gasteiger partial charge in [0.15, 0.2) is 5.71 Å². The summed E-state index contributed by atoms with van der Waals surface area (Å²) in [6.07, 6.45) is 3.50. The fourth-order valence-electron chi connectivity index (χ4n) is 6.53. The standard InChI is InChI=1S/C41H30N8O14S2/c1-62-34-16-20(3-11-31(34)44-47-38-25-8-7-24(64(56,57)58)15-22(25)5-14-33(38)50)21-4-12-32(35(17-21)63-2)45-48-39-36(65(59,60)61)19-27-26(40(39)51)9-10-29(42)37(27)46-43-30-13-6-23(49(54)55)18-28(30)41(52)53/h3-19,44-45H,42H2,1-2H3,(H,52,53)(H,56,57,58)(H,59,60,61)/b46-43?,47-38-,48-39+. The Labute approximate surface area is 366 Å². The average Bonchev–Trinajstić information content (AvgIpc) is 3.26. The summed E-state index contributed by atoms with van der Waals surface area (Å²) in [6.45, 7) is 0. The van der Waals surface area contributed by atoms with Gasteiger partial charge >= 0.3 is 5.97 Å². The number of allylic oxidation sites excluding steroid dienone is 2. The normalized spacial score (nSPS) is 14.8. The van der Waals surface area contributed by atoms with Crippen LogP contribution in [0.15, 0.2) is 121 Å². The lowest BCUT2D eigenvalue weighted by Gasteiger charge is -2.18. The minimum absolute atomic E-state index is 0.0272. The predicted octanol–water partition coefficient (Wildman–Crippen LogP) is 6.53. The Morgan fingerprint density at radius 3 is 1.94 bits per heavy atom. The molecule has 5 aromatic rings. The van der Waals surface area contributed by atoms with Crippen LogP contribution >= 0.6 is 0 Å². The van der Waals surface area contributed by atoms with E-state index in [1.807, 2.05) is 0 Å². The summed E-state index contributed by atoms with van der Waals surface area (Å²) in [7, 11) is -6.91. The number of nitro groups is 1. The zero-order chi connectivity index (χ0) is 47.0. The van der Waals surface area contributed by atoms with Crippen LogP contribution in [-0.4, -0.2) is 79.1 Å². The number of nitrogen functional groups attached to an aromatic ring is 1. The summed E-state index contributed by atoms with van der Waals surface area (Å²) in [5.74, 6) is -2.56. The number of hydrazone groups is 2. The van der Waals surface area contributed by atoms with Crippen molar-refractivity contribution in [2.24, 2.45) is 20.4 Å². The lowest BCUT2D eigenvalue weighted by Crippen LogP contribution is -2.27. The van der Waals surface area contributed by atoms with Gasteiger partial charge in [-0.3, -0.25) is 39.7 Å². The van der Waals surface area contributed by atoms with Crippen LogP contribution in [-0.2, 0) is 25.0 Å². The molecular formula is C41H30N8O14S2. The lowest BCUT2D eigenvalue weighted by molar-refractivity contribution is -0.384. The Morgan fingerprint density at radius 1 is 0.754 bits per heavy atom. The molecule has 0 fully saturated rings. The molecule has 0 heterocycles. The molecule has 5 aromatic carbocycles. The Bertz CT molecular complexity index is 3310. The zero-order valence-electron chi connectivity index (χ0n) is 33.3. The quantitative estimate of drug-likeness (QED) is 0.0240. The largest absolute Gasteiger partial charge is 0.494 e. The van der Waals surface area contributed by atoms with E-state index in [1.165, 1.54) is 56.7 Å². The number of rotatable bonds is 13. The molecule has 0 atom stereocenters. The zero-order valence-corrected chi connectivity index (χ0v) is 34.9. The second kappa shape index (κ2) is 17.4. The van der Waals surface area contributed by atoms with Gasteiger partial charge in [0.1, 0.15) is 33.5 Å². The van der Waals surface area contributed by atoms with E-state index >= 15 is 0 Å². The number of carbonyl (C=O) groups excluding carboxylic acids is 2. The molecule has 24 heteroatoms. The van der Waals surface area contributed by atoms with Crippen molar-refractivity contribution in [2.75, 3.05) is 30.8 Å². The highest BCUT2D eigenvalue weighted by Crippen LogP contribution is 2.39. The second-order valence-corrected chi connectivity index (χ2v) is 16.4. The first-order chi connectivity index (χ1) is 30.8. The highest BCUT2D eigenvalue weighted by atomic mass is 32.2. The molecule has 0 saturated heterocycles. The van der Waals surface area contributed by atoms with Crippen molar-refractivity contribution >= 4 is 95.5 Å². The third-order valence-electron chi connectivity index (χ3n) is 9.71. The number of hydrogen-bond donors (Lipinski definition) is 6. The molecule has 0 bridgehead atoms. The van der Waals surface area contributed by atoms with E-state index in [0.717, 1.165) is 30.3 Å². The monoisotopic (exact) mass is 922 g/mol. The molecule has 22 nitrogen and oxygen atoms in total. The number of carboxylic acid groups (broad SMARTS) is 1. The molecule has 0 saturated carbocycles. The first-order valence-electron chi connectivity index (χ1n) is 18.3. The van der Waals surface area contributed by atoms with Gasteiger partial charge in [0, 0.05) is 28.8 Å². The third kappa shape index (κ3) is 9.07. The summed E-state index contributed by atoms with van der Waals surface area (Å²) in [6, 6.07) is 18.7. The molecule has 0 spiro atoms. The predicted molar refractivity (Wildman–Crippen MR) is 235 cm³/mol. The number of benzene rings is 5. The number of ketones is 2. The van der Waals surface area contributed by atoms with Crippen molar-refractivity contribution in [3.05, 3.63) is 134 Å². The number of Topliss-reactive ketones (excluding diaryl/α,β-unsaturated/α-hetero) is 1. The van der Waals surface area contributed by atoms with Crippen molar-refractivity contribution in [3.8, 4) is 22.6 Å². The molecule has 0 amide bonds. The molecule has 0 unspecified atom stereocenters. The van der Waals surface area contributed by atoms with Crippen molar-refractivity contribution in [3.63, 3.8) is 0 Å². The number of anilines is 3. The van der Waals surface area contributed by atoms with Crippen LogP contribution in [0.1, 0.15) is 37.4 Å². The van der Waals surface area contributed by atoms with Gasteiger partial charge in [-0.05, 0) is 83.4 Å². The Morgan fingerprint density at radius 2 is 1.37 bits per heavy atom. The van der Waals surface area contributed by atoms with Crippen LogP contribution in [0.3, 0.4) is 0 Å². The van der Waals surface area contributed by atoms with E-state index in [9.17, 15) is 55.5 Å². The number of carboxylic acids is 1. The summed E-state index contributed by atoms with van der Waals surface area (Å²) in [4.78, 5) is 47.5. The minimum Gasteiger partial charge on any atom is -0.494 e. The number of fused-ring (bicyclic) bond motifs is 2. The van der Waals surface area contributed by atoms with E-state index in [-0.39, 0.29) is 50.2 Å². The molecule has 330 valence electrons. The van der Waals surface area contributed by atoms with Gasteiger partial charge in [0.05, 0.1) is 46.7 Å². The molecule has 0 aromatic heterocycles. The number of methoxy groups -OCH3 is 2. The van der Waals surface area contributed by atoms with Crippen molar-refractivity contribution in [1.82, 2.24) is 0 Å². The highest BCUT2D eigenvalue weighted by molar-refractivity contribution is 7.91. The molecule has 0 aliphatic heterocycles. The molecule has 7 rings (SSSR count).